The molecule has 0 aliphatic carbocycles. The Morgan fingerprint density at radius 2 is 2.31 bits per heavy atom. The normalized spacial score (nSPS) is 9.38. The molecular formula is C8H8ClNO3. The monoisotopic (exact) mass is 201 g/mol. The highest BCUT2D eigenvalue weighted by molar-refractivity contribution is 6.32. The summed E-state index contributed by atoms with van der Waals surface area (Å²) in [6, 6.07) is 4.18. The van der Waals surface area contributed by atoms with Crippen LogP contribution in [0.2, 0.25) is 5.02 Å². The van der Waals surface area contributed by atoms with Crippen LogP contribution in [0.1, 0.15) is 0 Å². The minimum Gasteiger partial charge on any atom is -0.506 e. The van der Waals surface area contributed by atoms with Crippen LogP contribution in [0.15, 0.2) is 18.2 Å². The zero-order chi connectivity index (χ0) is 9.84. The first-order valence-corrected chi connectivity index (χ1v) is 3.89. The minimum absolute atomic E-state index is 0.122. The number of amides is 1. The first-order chi connectivity index (χ1) is 6.13. The summed E-state index contributed by atoms with van der Waals surface area (Å²) in [6.45, 7) is 0. The van der Waals surface area contributed by atoms with Crippen molar-refractivity contribution in [1.82, 2.24) is 5.32 Å². The fourth-order valence-electron chi connectivity index (χ4n) is 0.714. The van der Waals surface area contributed by atoms with E-state index in [1.54, 1.807) is 0 Å². The van der Waals surface area contributed by atoms with Crippen LogP contribution in [0.5, 0.6) is 11.5 Å². The van der Waals surface area contributed by atoms with E-state index in [2.05, 4.69) is 5.32 Å². The maximum atomic E-state index is 10.7. The van der Waals surface area contributed by atoms with Gasteiger partial charge in [-0.3, -0.25) is 0 Å². The summed E-state index contributed by atoms with van der Waals surface area (Å²) in [4.78, 5) is 10.7. The van der Waals surface area contributed by atoms with E-state index < -0.39 is 6.09 Å². The van der Waals surface area contributed by atoms with E-state index in [0.29, 0.717) is 0 Å². The van der Waals surface area contributed by atoms with Crippen molar-refractivity contribution in [3.8, 4) is 11.5 Å². The number of benzene rings is 1. The van der Waals surface area contributed by atoms with E-state index in [0.717, 1.165) is 0 Å². The molecule has 70 valence electrons. The molecule has 0 saturated carbocycles. The molecular weight excluding hydrogens is 194 g/mol. The van der Waals surface area contributed by atoms with Crippen LogP contribution >= 0.6 is 11.6 Å². The van der Waals surface area contributed by atoms with Crippen molar-refractivity contribution in [1.29, 1.82) is 0 Å². The van der Waals surface area contributed by atoms with E-state index in [-0.39, 0.29) is 16.5 Å². The van der Waals surface area contributed by atoms with Gasteiger partial charge in [0.2, 0.25) is 0 Å². The lowest BCUT2D eigenvalue weighted by molar-refractivity contribution is 0.203. The van der Waals surface area contributed by atoms with Crippen LogP contribution in [0.3, 0.4) is 0 Å². The average Bonchev–Trinajstić information content (AvgIpc) is 2.11. The molecule has 0 unspecified atom stereocenters. The van der Waals surface area contributed by atoms with Gasteiger partial charge in [0.1, 0.15) is 11.5 Å². The third-order valence-electron chi connectivity index (χ3n) is 1.33. The molecule has 0 bridgehead atoms. The highest BCUT2D eigenvalue weighted by Gasteiger charge is 2.04. The number of phenolic OH excluding ortho intramolecular Hbond substituents is 1. The summed E-state index contributed by atoms with van der Waals surface area (Å²) in [7, 11) is 1.44. The fraction of sp³-hybridized carbons (Fsp3) is 0.125. The van der Waals surface area contributed by atoms with E-state index >= 15 is 0 Å². The molecule has 1 rings (SSSR count). The summed E-state index contributed by atoms with van der Waals surface area (Å²) in [5, 5.41) is 11.6. The number of aromatic hydroxyl groups is 1. The first-order valence-electron chi connectivity index (χ1n) is 3.51. The second kappa shape index (κ2) is 4.00. The molecule has 0 saturated heterocycles. The fourth-order valence-corrected chi connectivity index (χ4v) is 0.832. The number of hydrogen-bond donors (Lipinski definition) is 2. The van der Waals surface area contributed by atoms with Crippen LogP contribution < -0.4 is 10.1 Å². The molecule has 2 N–H and O–H groups in total. The molecule has 13 heavy (non-hydrogen) atoms. The maximum absolute atomic E-state index is 10.7. The van der Waals surface area contributed by atoms with Crippen LogP contribution in [-0.2, 0) is 0 Å². The van der Waals surface area contributed by atoms with Gasteiger partial charge in [0.05, 0.1) is 5.02 Å². The molecule has 0 heterocycles. The molecule has 0 aromatic heterocycles. The average molecular weight is 202 g/mol. The lowest BCUT2D eigenvalue weighted by Crippen LogP contribution is -2.21. The van der Waals surface area contributed by atoms with Crippen molar-refractivity contribution in [2.45, 2.75) is 0 Å². The molecule has 0 aliphatic heterocycles. The van der Waals surface area contributed by atoms with Crippen molar-refractivity contribution in [2.75, 3.05) is 7.05 Å². The molecule has 0 aliphatic rings. The highest BCUT2D eigenvalue weighted by Crippen LogP contribution is 2.27. The SMILES string of the molecule is CNC(=O)Oc1ccc(Cl)c(O)c1. The van der Waals surface area contributed by atoms with Gasteiger partial charge in [-0.2, -0.15) is 0 Å². The Morgan fingerprint density at radius 3 is 2.85 bits per heavy atom. The van der Waals surface area contributed by atoms with Gasteiger partial charge in [-0.15, -0.1) is 0 Å². The first kappa shape index (κ1) is 9.67. The molecule has 1 aromatic carbocycles. The van der Waals surface area contributed by atoms with Crippen molar-refractivity contribution < 1.29 is 14.6 Å². The van der Waals surface area contributed by atoms with Gasteiger partial charge in [0, 0.05) is 13.1 Å². The molecule has 1 aromatic rings. The predicted octanol–water partition coefficient (Wildman–Crippen LogP) is 1.76. The maximum Gasteiger partial charge on any atom is 0.412 e. The van der Waals surface area contributed by atoms with Gasteiger partial charge < -0.3 is 15.2 Å². The lowest BCUT2D eigenvalue weighted by atomic mass is 10.3. The standard InChI is InChI=1S/C8H8ClNO3/c1-10-8(12)13-5-2-3-6(9)7(11)4-5/h2-4,11H,1H3,(H,10,12). The summed E-state index contributed by atoms with van der Waals surface area (Å²) < 4.78 is 4.73. The van der Waals surface area contributed by atoms with Crippen molar-refractivity contribution >= 4 is 17.7 Å². The molecule has 0 spiro atoms. The van der Waals surface area contributed by atoms with Crippen molar-refractivity contribution in [2.24, 2.45) is 0 Å². The third kappa shape index (κ3) is 2.52. The largest absolute Gasteiger partial charge is 0.506 e. The number of carbonyl (C=O) groups is 1. The Balaban J connectivity index is 2.79. The van der Waals surface area contributed by atoms with Crippen molar-refractivity contribution in [3.63, 3.8) is 0 Å². The predicted molar refractivity (Wildman–Crippen MR) is 48.2 cm³/mol. The van der Waals surface area contributed by atoms with Crippen LogP contribution in [-0.4, -0.2) is 18.2 Å². The Bertz CT molecular complexity index is 327. The molecule has 1 amide bonds. The Hall–Kier alpha value is -1.42. The topological polar surface area (TPSA) is 58.6 Å². The number of hydrogen-bond acceptors (Lipinski definition) is 3. The number of halogens is 1. The lowest BCUT2D eigenvalue weighted by Gasteiger charge is -2.03. The zero-order valence-electron chi connectivity index (χ0n) is 6.87. The van der Waals surface area contributed by atoms with Crippen LogP contribution in [0.25, 0.3) is 0 Å². The minimum atomic E-state index is -0.596. The third-order valence-corrected chi connectivity index (χ3v) is 1.65. The van der Waals surface area contributed by atoms with Gasteiger partial charge >= 0.3 is 6.09 Å². The molecule has 0 fully saturated rings. The number of nitrogens with one attached hydrogen (secondary N) is 1. The van der Waals surface area contributed by atoms with Gasteiger partial charge in [0.15, 0.2) is 0 Å². The second-order valence-corrected chi connectivity index (χ2v) is 2.66. The van der Waals surface area contributed by atoms with Gasteiger partial charge in [-0.25, -0.2) is 4.79 Å². The summed E-state index contributed by atoms with van der Waals surface area (Å²) in [6.07, 6.45) is -0.596. The van der Waals surface area contributed by atoms with E-state index in [1.165, 1.54) is 25.2 Å². The quantitative estimate of drug-likeness (QED) is 0.728. The van der Waals surface area contributed by atoms with E-state index in [1.807, 2.05) is 0 Å². The molecule has 0 atom stereocenters. The zero-order valence-corrected chi connectivity index (χ0v) is 7.63. The number of rotatable bonds is 1. The summed E-state index contributed by atoms with van der Waals surface area (Å²) in [5.74, 6) is 0.115. The molecule has 5 heteroatoms. The number of carbonyl (C=O) groups excluding carboxylic acids is 1. The van der Waals surface area contributed by atoms with Crippen LogP contribution in [0.4, 0.5) is 4.79 Å². The molecule has 4 nitrogen and oxygen atoms in total. The Labute approximate surface area is 80.1 Å². The van der Waals surface area contributed by atoms with Crippen LogP contribution in [0, 0.1) is 0 Å². The number of phenols is 1. The second-order valence-electron chi connectivity index (χ2n) is 2.25. The van der Waals surface area contributed by atoms with Gasteiger partial charge in [0.25, 0.3) is 0 Å². The summed E-state index contributed by atoms with van der Waals surface area (Å²) >= 11 is 5.54. The Morgan fingerprint density at radius 1 is 1.62 bits per heavy atom. The molecule has 0 radical (unpaired) electrons. The summed E-state index contributed by atoms with van der Waals surface area (Å²) in [5.41, 5.74) is 0. The number of ether oxygens (including phenoxy) is 1. The van der Waals surface area contributed by atoms with Crippen molar-refractivity contribution in [3.05, 3.63) is 23.2 Å². The van der Waals surface area contributed by atoms with Gasteiger partial charge in [-0.1, -0.05) is 11.6 Å². The smallest absolute Gasteiger partial charge is 0.412 e. The van der Waals surface area contributed by atoms with E-state index in [9.17, 15) is 4.79 Å². The van der Waals surface area contributed by atoms with E-state index in [4.69, 9.17) is 21.4 Å². The Kier molecular flexibility index (Phi) is 2.97. The van der Waals surface area contributed by atoms with Gasteiger partial charge in [-0.05, 0) is 12.1 Å². The highest BCUT2D eigenvalue weighted by atomic mass is 35.5.